The molecule has 8 rings (SSSR count). The van der Waals surface area contributed by atoms with Gasteiger partial charge in [0.1, 0.15) is 5.75 Å². The normalized spacial score (nSPS) is 11.5. The average Bonchev–Trinajstić information content (AvgIpc) is 3.00. The minimum atomic E-state index is 0. The Labute approximate surface area is 240 Å². The topological polar surface area (TPSA) is 35.0 Å². The van der Waals surface area contributed by atoms with Crippen LogP contribution in [0.1, 0.15) is 5.56 Å². The SMILES string of the molecule is [Ir].[c-]1cc2ccccc2c2c1-c1nc3ccccc3cc1OC2.[c-]1ccccc1-c1cc2ccccc2cn1. The van der Waals surface area contributed by atoms with Gasteiger partial charge in [-0.3, -0.25) is 4.98 Å². The summed E-state index contributed by atoms with van der Waals surface area (Å²) in [7, 11) is 0. The van der Waals surface area contributed by atoms with Gasteiger partial charge in [-0.1, -0.05) is 89.1 Å². The van der Waals surface area contributed by atoms with E-state index in [4.69, 9.17) is 9.72 Å². The quantitative estimate of drug-likeness (QED) is 0.164. The van der Waals surface area contributed by atoms with E-state index in [1.807, 2.05) is 72.9 Å². The van der Waals surface area contributed by atoms with E-state index in [1.165, 1.54) is 27.1 Å². The number of para-hydroxylation sites is 1. The number of benzene rings is 5. The predicted octanol–water partition coefficient (Wildman–Crippen LogP) is 8.45. The van der Waals surface area contributed by atoms with Crippen molar-refractivity contribution in [2.45, 2.75) is 6.61 Å². The van der Waals surface area contributed by atoms with Gasteiger partial charge in [0, 0.05) is 37.4 Å². The van der Waals surface area contributed by atoms with Gasteiger partial charge in [0.2, 0.25) is 0 Å². The van der Waals surface area contributed by atoms with E-state index < -0.39 is 0 Å². The molecule has 5 aromatic carbocycles. The van der Waals surface area contributed by atoms with E-state index in [0.29, 0.717) is 6.61 Å². The Bertz CT molecular complexity index is 1930. The van der Waals surface area contributed by atoms with Crippen LogP contribution < -0.4 is 4.74 Å². The van der Waals surface area contributed by atoms with Gasteiger partial charge in [0.25, 0.3) is 0 Å². The molecule has 189 valence electrons. The zero-order valence-electron chi connectivity index (χ0n) is 20.9. The summed E-state index contributed by atoms with van der Waals surface area (Å²) in [5.41, 5.74) is 6.12. The van der Waals surface area contributed by atoms with Crippen LogP contribution in [0.25, 0.3) is 55.0 Å². The fraction of sp³-hybridized carbons (Fsp3) is 0.0286. The number of fused-ring (bicyclic) bond motifs is 7. The molecular formula is C35H22IrN2O-2. The van der Waals surface area contributed by atoms with Gasteiger partial charge in [-0.15, -0.1) is 53.6 Å². The first-order chi connectivity index (χ1) is 18.8. The van der Waals surface area contributed by atoms with Crippen LogP contribution in [0.2, 0.25) is 0 Å². The van der Waals surface area contributed by atoms with E-state index in [1.54, 1.807) is 0 Å². The van der Waals surface area contributed by atoms with Gasteiger partial charge >= 0.3 is 0 Å². The van der Waals surface area contributed by atoms with Crippen LogP contribution in [0.15, 0.2) is 121 Å². The average molecular weight is 679 g/mol. The van der Waals surface area contributed by atoms with E-state index in [9.17, 15) is 0 Å². The number of rotatable bonds is 1. The van der Waals surface area contributed by atoms with Gasteiger partial charge in [-0.2, -0.15) is 0 Å². The van der Waals surface area contributed by atoms with Crippen molar-refractivity contribution >= 4 is 32.4 Å². The Morgan fingerprint density at radius 1 is 0.692 bits per heavy atom. The van der Waals surface area contributed by atoms with Crippen LogP contribution in [0.5, 0.6) is 5.75 Å². The van der Waals surface area contributed by atoms with Crippen molar-refractivity contribution in [3.05, 3.63) is 139 Å². The Kier molecular flexibility index (Phi) is 6.89. The summed E-state index contributed by atoms with van der Waals surface area (Å²) >= 11 is 0. The summed E-state index contributed by atoms with van der Waals surface area (Å²) < 4.78 is 5.98. The van der Waals surface area contributed by atoms with Crippen LogP contribution in [-0.2, 0) is 26.7 Å². The molecule has 0 spiro atoms. The van der Waals surface area contributed by atoms with Crippen LogP contribution >= 0.6 is 0 Å². The predicted molar refractivity (Wildman–Crippen MR) is 154 cm³/mol. The maximum absolute atomic E-state index is 5.98. The standard InChI is InChI=1S/C20H12NO.C15H10N.Ir/c1-3-7-15-13(5-1)9-10-16-17(15)12-22-19-11-14-6-2-4-8-18(14)21-20(16)19;1-2-6-12(7-3-1)15-10-13-8-4-5-9-14(13)11-16-15;/h1-9,11H,12H2;1-6,8-11H;/q2*-1;. The molecule has 3 heterocycles. The molecule has 7 aromatic rings. The molecule has 0 saturated heterocycles. The molecule has 0 fully saturated rings. The van der Waals surface area contributed by atoms with Gasteiger partial charge < -0.3 is 9.72 Å². The van der Waals surface area contributed by atoms with Crippen LogP contribution in [-0.4, -0.2) is 9.97 Å². The molecule has 1 radical (unpaired) electrons. The van der Waals surface area contributed by atoms with E-state index >= 15 is 0 Å². The van der Waals surface area contributed by atoms with Gasteiger partial charge in [0.15, 0.2) is 0 Å². The second kappa shape index (κ2) is 10.8. The molecule has 4 heteroatoms. The number of aromatic nitrogens is 2. The van der Waals surface area contributed by atoms with Crippen molar-refractivity contribution in [2.75, 3.05) is 0 Å². The molecule has 2 aromatic heterocycles. The summed E-state index contributed by atoms with van der Waals surface area (Å²) in [5, 5.41) is 5.89. The Hall–Kier alpha value is -4.37. The van der Waals surface area contributed by atoms with Gasteiger partial charge in [-0.05, 0) is 28.6 Å². The number of nitrogens with zero attached hydrogens (tertiary/aromatic N) is 2. The van der Waals surface area contributed by atoms with Crippen molar-refractivity contribution in [3.8, 4) is 28.3 Å². The summed E-state index contributed by atoms with van der Waals surface area (Å²) in [4.78, 5) is 9.25. The zero-order chi connectivity index (χ0) is 25.3. The first-order valence-corrected chi connectivity index (χ1v) is 12.6. The van der Waals surface area contributed by atoms with Crippen molar-refractivity contribution in [2.24, 2.45) is 0 Å². The number of ether oxygens (including phenoxy) is 1. The third kappa shape index (κ3) is 4.81. The largest absolute Gasteiger partial charge is 0.506 e. The Balaban J connectivity index is 0.000000145. The first-order valence-electron chi connectivity index (χ1n) is 12.6. The maximum Gasteiger partial charge on any atom is 0.104 e. The van der Waals surface area contributed by atoms with Gasteiger partial charge in [0.05, 0.1) is 12.1 Å². The minimum absolute atomic E-state index is 0. The smallest absolute Gasteiger partial charge is 0.104 e. The second-order valence-electron chi connectivity index (χ2n) is 9.24. The monoisotopic (exact) mass is 679 g/mol. The fourth-order valence-electron chi connectivity index (χ4n) is 4.95. The Morgan fingerprint density at radius 3 is 2.28 bits per heavy atom. The number of hydrogen-bond acceptors (Lipinski definition) is 3. The zero-order valence-corrected chi connectivity index (χ0v) is 23.3. The summed E-state index contributed by atoms with van der Waals surface area (Å²) in [6.07, 6.45) is 1.91. The van der Waals surface area contributed by atoms with Crippen molar-refractivity contribution < 1.29 is 24.8 Å². The fourth-order valence-corrected chi connectivity index (χ4v) is 4.95. The van der Waals surface area contributed by atoms with E-state index in [0.717, 1.165) is 39.2 Å². The molecule has 1 aliphatic rings. The van der Waals surface area contributed by atoms with Gasteiger partial charge in [-0.25, -0.2) is 0 Å². The number of hydrogen-bond donors (Lipinski definition) is 0. The Morgan fingerprint density at radius 2 is 1.44 bits per heavy atom. The molecule has 0 atom stereocenters. The minimum Gasteiger partial charge on any atom is -0.506 e. The van der Waals surface area contributed by atoms with E-state index in [-0.39, 0.29) is 20.1 Å². The summed E-state index contributed by atoms with van der Waals surface area (Å²) in [6, 6.07) is 45.4. The maximum atomic E-state index is 5.98. The third-order valence-electron chi connectivity index (χ3n) is 6.87. The van der Waals surface area contributed by atoms with Crippen molar-refractivity contribution in [3.63, 3.8) is 0 Å². The molecule has 0 aliphatic carbocycles. The van der Waals surface area contributed by atoms with Crippen LogP contribution in [0.4, 0.5) is 0 Å². The molecule has 0 amide bonds. The molecule has 0 N–H and O–H groups in total. The van der Waals surface area contributed by atoms with Crippen molar-refractivity contribution in [1.82, 2.24) is 9.97 Å². The molecule has 0 bridgehead atoms. The molecule has 3 nitrogen and oxygen atoms in total. The molecule has 0 saturated carbocycles. The van der Waals surface area contributed by atoms with E-state index in [2.05, 4.69) is 65.6 Å². The third-order valence-corrected chi connectivity index (χ3v) is 6.87. The number of pyridine rings is 2. The summed E-state index contributed by atoms with van der Waals surface area (Å²) in [5.74, 6) is 0.845. The molecule has 1 aliphatic heterocycles. The van der Waals surface area contributed by atoms with Crippen molar-refractivity contribution in [1.29, 1.82) is 0 Å². The molecule has 39 heavy (non-hydrogen) atoms. The summed E-state index contributed by atoms with van der Waals surface area (Å²) in [6.45, 7) is 0.570. The van der Waals surface area contributed by atoms with Crippen LogP contribution in [0, 0.1) is 12.1 Å². The first kappa shape index (κ1) is 24.9. The molecular weight excluding hydrogens is 657 g/mol. The second-order valence-corrected chi connectivity index (χ2v) is 9.24. The molecule has 0 unspecified atom stereocenters. The van der Waals surface area contributed by atoms with Crippen LogP contribution in [0.3, 0.4) is 0 Å².